The average Bonchev–Trinajstić information content (AvgIpc) is 2.40. The first-order valence-electron chi connectivity index (χ1n) is 5.30. The van der Waals surface area contributed by atoms with Gasteiger partial charge in [-0.3, -0.25) is 4.55 Å². The molecule has 0 aliphatic carbocycles. The van der Waals surface area contributed by atoms with E-state index in [1.807, 2.05) is 18.2 Å². The van der Waals surface area contributed by atoms with E-state index in [9.17, 15) is 4.21 Å². The predicted octanol–water partition coefficient (Wildman–Crippen LogP) is 3.20. The number of nitrogens with zero attached hydrogens (tertiary/aromatic N) is 2. The molecule has 0 aromatic heterocycles. The molecule has 1 atom stereocenters. The van der Waals surface area contributed by atoms with Crippen molar-refractivity contribution in [1.82, 2.24) is 0 Å². The van der Waals surface area contributed by atoms with Crippen LogP contribution in [0.25, 0.3) is 0 Å². The highest BCUT2D eigenvalue weighted by Gasteiger charge is 2.03. The Morgan fingerprint density at radius 2 is 1.84 bits per heavy atom. The summed E-state index contributed by atoms with van der Waals surface area (Å²) in [6.45, 7) is 0. The summed E-state index contributed by atoms with van der Waals surface area (Å²) in [6, 6.07) is 13.6. The topological polar surface area (TPSA) is 97.3 Å². The Kier molecular flexibility index (Phi) is 4.22. The summed E-state index contributed by atoms with van der Waals surface area (Å²) in [6.07, 6.45) is 0. The first kappa shape index (κ1) is 13.2. The molecule has 98 valence electrons. The Labute approximate surface area is 112 Å². The van der Waals surface area contributed by atoms with E-state index < -0.39 is 11.4 Å². The molecule has 2 rings (SSSR count). The van der Waals surface area contributed by atoms with Gasteiger partial charge in [0.2, 0.25) is 0 Å². The Bertz CT molecular complexity index is 617. The molecule has 0 aliphatic heterocycles. The van der Waals surface area contributed by atoms with E-state index in [4.69, 9.17) is 10.3 Å². The number of nitrogens with two attached hydrogens (primary N) is 1. The van der Waals surface area contributed by atoms with Crippen LogP contribution in [0.5, 0.6) is 5.75 Å². The van der Waals surface area contributed by atoms with Crippen LogP contribution in [0.4, 0.5) is 17.1 Å². The molecule has 0 aliphatic rings. The minimum absolute atomic E-state index is 0.192. The summed E-state index contributed by atoms with van der Waals surface area (Å²) in [5.41, 5.74) is 7.18. The zero-order valence-corrected chi connectivity index (χ0v) is 10.6. The molecule has 1 unspecified atom stereocenters. The van der Waals surface area contributed by atoms with Gasteiger partial charge in [-0.05, 0) is 24.3 Å². The first-order valence-corrected chi connectivity index (χ1v) is 6.34. The van der Waals surface area contributed by atoms with Gasteiger partial charge in [0.1, 0.15) is 11.4 Å². The van der Waals surface area contributed by atoms with E-state index in [0.717, 1.165) is 0 Å². The summed E-state index contributed by atoms with van der Waals surface area (Å²) in [5.74, 6) is 0.192. The standard InChI is InChI=1S/C12H11N3O3S/c13-11-7-6-10(18-19(16)17)8-12(11)15-14-9-4-2-1-3-5-9/h1-8H,13H2,(H,16,17). The summed E-state index contributed by atoms with van der Waals surface area (Å²) in [7, 11) is 0. The molecule has 2 aromatic rings. The van der Waals surface area contributed by atoms with Gasteiger partial charge in [0, 0.05) is 6.07 Å². The average molecular weight is 277 g/mol. The Hall–Kier alpha value is -2.25. The highest BCUT2D eigenvalue weighted by atomic mass is 32.2. The maximum atomic E-state index is 10.5. The Balaban J connectivity index is 2.24. The normalized spacial score (nSPS) is 12.5. The van der Waals surface area contributed by atoms with Crippen LogP contribution in [0.1, 0.15) is 0 Å². The maximum Gasteiger partial charge on any atom is 0.357 e. The molecule has 3 N–H and O–H groups in total. The van der Waals surface area contributed by atoms with E-state index in [1.54, 1.807) is 12.1 Å². The van der Waals surface area contributed by atoms with Crippen molar-refractivity contribution in [3.63, 3.8) is 0 Å². The molecule has 0 fully saturated rings. The third kappa shape index (κ3) is 3.87. The third-order valence-electron chi connectivity index (χ3n) is 2.20. The van der Waals surface area contributed by atoms with Crippen LogP contribution in [0.3, 0.4) is 0 Å². The van der Waals surface area contributed by atoms with Gasteiger partial charge in [-0.2, -0.15) is 9.32 Å². The summed E-state index contributed by atoms with van der Waals surface area (Å²) >= 11 is -2.38. The quantitative estimate of drug-likeness (QED) is 0.509. The highest BCUT2D eigenvalue weighted by Crippen LogP contribution is 2.29. The number of hydrogen-bond donors (Lipinski definition) is 2. The minimum atomic E-state index is -2.38. The van der Waals surface area contributed by atoms with Gasteiger partial charge < -0.3 is 9.92 Å². The van der Waals surface area contributed by atoms with Crippen molar-refractivity contribution in [2.45, 2.75) is 0 Å². The largest absolute Gasteiger partial charge is 0.397 e. The number of rotatable bonds is 4. The highest BCUT2D eigenvalue weighted by molar-refractivity contribution is 7.74. The van der Waals surface area contributed by atoms with Crippen molar-refractivity contribution in [3.05, 3.63) is 48.5 Å². The molecular weight excluding hydrogens is 266 g/mol. The molecule has 7 heteroatoms. The van der Waals surface area contributed by atoms with E-state index in [0.29, 0.717) is 17.1 Å². The van der Waals surface area contributed by atoms with Crippen molar-refractivity contribution in [2.24, 2.45) is 10.2 Å². The number of azo groups is 1. The number of anilines is 1. The predicted molar refractivity (Wildman–Crippen MR) is 72.9 cm³/mol. The second-order valence-corrected chi connectivity index (χ2v) is 4.16. The summed E-state index contributed by atoms with van der Waals surface area (Å²) in [5, 5.41) is 7.99. The molecule has 0 radical (unpaired) electrons. The second kappa shape index (κ2) is 6.07. The molecule has 0 amide bonds. The van der Waals surface area contributed by atoms with Gasteiger partial charge in [0.25, 0.3) is 0 Å². The first-order chi connectivity index (χ1) is 9.15. The molecule has 6 nitrogen and oxygen atoms in total. The van der Waals surface area contributed by atoms with Crippen LogP contribution in [0.15, 0.2) is 58.8 Å². The molecule has 0 heterocycles. The van der Waals surface area contributed by atoms with Crippen LogP contribution >= 0.6 is 0 Å². The maximum absolute atomic E-state index is 10.5. The van der Waals surface area contributed by atoms with Gasteiger partial charge in [-0.1, -0.05) is 18.2 Å². The minimum Gasteiger partial charge on any atom is -0.397 e. The summed E-state index contributed by atoms with van der Waals surface area (Å²) < 4.78 is 23.8. The Morgan fingerprint density at radius 3 is 2.53 bits per heavy atom. The van der Waals surface area contributed by atoms with Gasteiger partial charge in [-0.15, -0.1) is 5.11 Å². The molecule has 0 spiro atoms. The molecule has 0 bridgehead atoms. The lowest BCUT2D eigenvalue weighted by Gasteiger charge is -2.03. The fourth-order valence-electron chi connectivity index (χ4n) is 1.35. The fraction of sp³-hybridized carbons (Fsp3) is 0. The lowest BCUT2D eigenvalue weighted by Crippen LogP contribution is -1.97. The number of nitrogen functional groups attached to an aromatic ring is 1. The monoisotopic (exact) mass is 277 g/mol. The van der Waals surface area contributed by atoms with Crippen molar-refractivity contribution in [3.8, 4) is 5.75 Å². The van der Waals surface area contributed by atoms with Crippen LogP contribution in [-0.2, 0) is 11.4 Å². The van der Waals surface area contributed by atoms with Gasteiger partial charge >= 0.3 is 11.4 Å². The summed E-state index contributed by atoms with van der Waals surface area (Å²) in [4.78, 5) is 0. The zero-order valence-electron chi connectivity index (χ0n) is 9.76. The van der Waals surface area contributed by atoms with Gasteiger partial charge in [-0.25, -0.2) is 0 Å². The van der Waals surface area contributed by atoms with Crippen molar-refractivity contribution in [1.29, 1.82) is 0 Å². The van der Waals surface area contributed by atoms with Crippen LogP contribution < -0.4 is 9.92 Å². The van der Waals surface area contributed by atoms with Gasteiger partial charge in [0.05, 0.1) is 11.4 Å². The van der Waals surface area contributed by atoms with Crippen molar-refractivity contribution < 1.29 is 12.9 Å². The van der Waals surface area contributed by atoms with E-state index >= 15 is 0 Å². The smallest absolute Gasteiger partial charge is 0.357 e. The third-order valence-corrected chi connectivity index (χ3v) is 2.53. The molecule has 0 saturated heterocycles. The molecule has 2 aromatic carbocycles. The second-order valence-electron chi connectivity index (χ2n) is 3.56. The van der Waals surface area contributed by atoms with Crippen molar-refractivity contribution in [2.75, 3.05) is 5.73 Å². The Morgan fingerprint density at radius 1 is 1.11 bits per heavy atom. The fourth-order valence-corrected chi connectivity index (χ4v) is 1.62. The van der Waals surface area contributed by atoms with E-state index in [1.165, 1.54) is 18.2 Å². The van der Waals surface area contributed by atoms with Gasteiger partial charge in [0.15, 0.2) is 0 Å². The molecular formula is C12H11N3O3S. The number of benzene rings is 2. The molecule has 0 saturated carbocycles. The number of hydrogen-bond acceptors (Lipinski definition) is 5. The van der Waals surface area contributed by atoms with E-state index in [-0.39, 0.29) is 5.75 Å². The SMILES string of the molecule is Nc1ccc(OS(=O)O)cc1N=Nc1ccccc1. The lowest BCUT2D eigenvalue weighted by atomic mass is 10.2. The van der Waals surface area contributed by atoms with Crippen molar-refractivity contribution >= 4 is 28.4 Å². The van der Waals surface area contributed by atoms with Crippen LogP contribution in [0, 0.1) is 0 Å². The molecule has 19 heavy (non-hydrogen) atoms. The van der Waals surface area contributed by atoms with Crippen LogP contribution in [0.2, 0.25) is 0 Å². The zero-order chi connectivity index (χ0) is 13.7. The van der Waals surface area contributed by atoms with E-state index in [2.05, 4.69) is 14.4 Å². The van der Waals surface area contributed by atoms with Crippen LogP contribution in [-0.4, -0.2) is 8.76 Å². The lowest BCUT2D eigenvalue weighted by molar-refractivity contribution is 0.458.